The molecular formula is C21H30N2O4. The molecule has 6 nitrogen and oxygen atoms in total. The summed E-state index contributed by atoms with van der Waals surface area (Å²) in [6.07, 6.45) is 3.57. The lowest BCUT2D eigenvalue weighted by Crippen LogP contribution is -2.45. The second-order valence-corrected chi connectivity index (χ2v) is 7.31. The highest BCUT2D eigenvalue weighted by Crippen LogP contribution is 2.32. The second-order valence-electron chi connectivity index (χ2n) is 7.31. The Bertz CT molecular complexity index is 638. The monoisotopic (exact) mass is 374 g/mol. The van der Waals surface area contributed by atoms with Gasteiger partial charge in [-0.05, 0) is 56.8 Å². The molecule has 2 aliphatic heterocycles. The first-order chi connectivity index (χ1) is 13.1. The molecule has 0 bridgehead atoms. The third kappa shape index (κ3) is 4.80. The van der Waals surface area contributed by atoms with Crippen molar-refractivity contribution in [3.63, 3.8) is 0 Å². The fraction of sp³-hybridized carbons (Fsp3) is 0.619. The molecule has 3 rings (SSSR count). The van der Waals surface area contributed by atoms with Crippen LogP contribution in [0.1, 0.15) is 44.2 Å². The zero-order chi connectivity index (χ0) is 19.2. The number of carbonyl (C=O) groups excluding carboxylic acids is 2. The molecule has 2 saturated heterocycles. The van der Waals surface area contributed by atoms with E-state index in [9.17, 15) is 9.59 Å². The molecule has 148 valence electrons. The van der Waals surface area contributed by atoms with Crippen LogP contribution in [0.3, 0.4) is 0 Å². The van der Waals surface area contributed by atoms with Crippen molar-refractivity contribution < 1.29 is 19.1 Å². The number of carbonyl (C=O) groups is 2. The van der Waals surface area contributed by atoms with Crippen LogP contribution in [-0.4, -0.2) is 61.6 Å². The molecule has 1 aromatic rings. The van der Waals surface area contributed by atoms with Crippen molar-refractivity contribution >= 4 is 11.9 Å². The van der Waals surface area contributed by atoms with Gasteiger partial charge in [0.1, 0.15) is 5.75 Å². The Morgan fingerprint density at radius 2 is 1.78 bits per heavy atom. The van der Waals surface area contributed by atoms with Crippen molar-refractivity contribution in [3.8, 4) is 5.75 Å². The molecule has 2 heterocycles. The van der Waals surface area contributed by atoms with E-state index in [2.05, 4.69) is 17.0 Å². The van der Waals surface area contributed by atoms with Crippen molar-refractivity contribution in [2.45, 2.75) is 38.6 Å². The van der Waals surface area contributed by atoms with Gasteiger partial charge in [0, 0.05) is 19.1 Å². The molecule has 0 spiro atoms. The molecule has 0 aromatic heterocycles. The highest BCUT2D eigenvalue weighted by Gasteiger charge is 2.32. The maximum Gasteiger partial charge on any atom is 0.308 e. The van der Waals surface area contributed by atoms with Gasteiger partial charge in [0.15, 0.2) is 0 Å². The predicted octanol–water partition coefficient (Wildman–Crippen LogP) is 2.63. The number of likely N-dealkylation sites (tertiary alicyclic amines) is 2. The van der Waals surface area contributed by atoms with Gasteiger partial charge < -0.3 is 14.4 Å². The van der Waals surface area contributed by atoms with Crippen LogP contribution in [-0.2, 0) is 14.3 Å². The van der Waals surface area contributed by atoms with Gasteiger partial charge in [0.25, 0.3) is 0 Å². The number of methoxy groups -OCH3 is 1. The molecule has 0 radical (unpaired) electrons. The van der Waals surface area contributed by atoms with E-state index in [-0.39, 0.29) is 23.8 Å². The summed E-state index contributed by atoms with van der Waals surface area (Å²) in [5.41, 5.74) is 1.24. The van der Waals surface area contributed by atoms with E-state index in [1.165, 1.54) is 12.7 Å². The normalized spacial score (nSPS) is 21.3. The van der Waals surface area contributed by atoms with Crippen molar-refractivity contribution in [1.29, 1.82) is 0 Å². The van der Waals surface area contributed by atoms with E-state index in [1.54, 1.807) is 0 Å². The van der Waals surface area contributed by atoms with Gasteiger partial charge in [-0.3, -0.25) is 14.5 Å². The van der Waals surface area contributed by atoms with Crippen molar-refractivity contribution in [2.75, 3.05) is 39.9 Å². The maximum absolute atomic E-state index is 12.8. The molecule has 27 heavy (non-hydrogen) atoms. The van der Waals surface area contributed by atoms with Crippen LogP contribution in [0.5, 0.6) is 5.75 Å². The topological polar surface area (TPSA) is 59.1 Å². The Hall–Kier alpha value is -2.08. The molecule has 1 atom stereocenters. The van der Waals surface area contributed by atoms with E-state index >= 15 is 0 Å². The molecule has 1 unspecified atom stereocenters. The lowest BCUT2D eigenvalue weighted by Gasteiger charge is -2.33. The Morgan fingerprint density at radius 3 is 2.41 bits per heavy atom. The molecule has 0 aliphatic carbocycles. The summed E-state index contributed by atoms with van der Waals surface area (Å²) in [6.45, 7) is 5.31. The molecule has 6 heteroatoms. The smallest absolute Gasteiger partial charge is 0.308 e. The fourth-order valence-corrected chi connectivity index (χ4v) is 4.15. The van der Waals surface area contributed by atoms with Gasteiger partial charge in [-0.2, -0.15) is 0 Å². The molecule has 1 aromatic carbocycles. The summed E-state index contributed by atoms with van der Waals surface area (Å²) in [6, 6.07) is 8.53. The SMILES string of the molecule is CCOc1ccc(C2CCCN2CC(=O)N2CCC(C(=O)OC)CC2)cc1. The number of benzene rings is 1. The van der Waals surface area contributed by atoms with Crippen LogP contribution in [0.15, 0.2) is 24.3 Å². The zero-order valence-corrected chi connectivity index (χ0v) is 16.4. The summed E-state index contributed by atoms with van der Waals surface area (Å²) < 4.78 is 10.3. The number of nitrogens with zero attached hydrogens (tertiary/aromatic N) is 2. The van der Waals surface area contributed by atoms with Crippen molar-refractivity contribution in [3.05, 3.63) is 29.8 Å². The predicted molar refractivity (Wildman–Crippen MR) is 102 cm³/mol. The summed E-state index contributed by atoms with van der Waals surface area (Å²) in [5.74, 6) is 0.825. The molecule has 2 fully saturated rings. The van der Waals surface area contributed by atoms with Crippen LogP contribution >= 0.6 is 0 Å². The Labute approximate surface area is 161 Å². The lowest BCUT2D eigenvalue weighted by molar-refractivity contribution is -0.149. The van der Waals surface area contributed by atoms with Gasteiger partial charge in [-0.1, -0.05) is 12.1 Å². The van der Waals surface area contributed by atoms with E-state index in [4.69, 9.17) is 9.47 Å². The number of amides is 1. The van der Waals surface area contributed by atoms with Gasteiger partial charge in [0.05, 0.1) is 26.2 Å². The minimum Gasteiger partial charge on any atom is -0.494 e. The lowest BCUT2D eigenvalue weighted by atomic mass is 9.97. The number of esters is 1. The first-order valence-corrected chi connectivity index (χ1v) is 9.94. The number of rotatable bonds is 6. The largest absolute Gasteiger partial charge is 0.494 e. The second kappa shape index (κ2) is 9.22. The standard InChI is InChI=1S/C21H30N2O4/c1-3-27-18-8-6-16(7-9-18)19-5-4-12-23(19)15-20(24)22-13-10-17(11-14-22)21(25)26-2/h6-9,17,19H,3-5,10-15H2,1-2H3. The summed E-state index contributed by atoms with van der Waals surface area (Å²) >= 11 is 0. The van der Waals surface area contributed by atoms with Crippen LogP contribution in [0.2, 0.25) is 0 Å². The van der Waals surface area contributed by atoms with Crippen LogP contribution in [0, 0.1) is 5.92 Å². The van der Waals surface area contributed by atoms with Gasteiger partial charge in [-0.15, -0.1) is 0 Å². The van der Waals surface area contributed by atoms with E-state index in [0.29, 0.717) is 39.1 Å². The number of hydrogen-bond acceptors (Lipinski definition) is 5. The van der Waals surface area contributed by atoms with Crippen LogP contribution < -0.4 is 4.74 Å². The highest BCUT2D eigenvalue weighted by atomic mass is 16.5. The van der Waals surface area contributed by atoms with Gasteiger partial charge in [0.2, 0.25) is 5.91 Å². The summed E-state index contributed by atoms with van der Waals surface area (Å²) in [4.78, 5) is 28.6. The Balaban J connectivity index is 1.55. The van der Waals surface area contributed by atoms with E-state index < -0.39 is 0 Å². The van der Waals surface area contributed by atoms with E-state index in [0.717, 1.165) is 25.1 Å². The minimum atomic E-state index is -0.155. The molecule has 2 aliphatic rings. The first-order valence-electron chi connectivity index (χ1n) is 9.94. The summed E-state index contributed by atoms with van der Waals surface area (Å²) in [7, 11) is 1.42. The third-order valence-electron chi connectivity index (χ3n) is 5.66. The van der Waals surface area contributed by atoms with Crippen molar-refractivity contribution in [2.24, 2.45) is 5.92 Å². The third-order valence-corrected chi connectivity index (χ3v) is 5.66. The van der Waals surface area contributed by atoms with Crippen molar-refractivity contribution in [1.82, 2.24) is 9.80 Å². The highest BCUT2D eigenvalue weighted by molar-refractivity contribution is 5.79. The van der Waals surface area contributed by atoms with E-state index in [1.807, 2.05) is 24.0 Å². The molecule has 0 saturated carbocycles. The van der Waals surface area contributed by atoms with Crippen LogP contribution in [0.25, 0.3) is 0 Å². The average molecular weight is 374 g/mol. The number of ether oxygens (including phenoxy) is 2. The number of piperidine rings is 1. The van der Waals surface area contributed by atoms with Crippen LogP contribution in [0.4, 0.5) is 0 Å². The minimum absolute atomic E-state index is 0.0672. The Morgan fingerprint density at radius 1 is 1.07 bits per heavy atom. The molecule has 1 amide bonds. The summed E-state index contributed by atoms with van der Waals surface area (Å²) in [5, 5.41) is 0. The molecular weight excluding hydrogens is 344 g/mol. The van der Waals surface area contributed by atoms with Gasteiger partial charge >= 0.3 is 5.97 Å². The number of hydrogen-bond donors (Lipinski definition) is 0. The molecule has 0 N–H and O–H groups in total. The zero-order valence-electron chi connectivity index (χ0n) is 16.4. The Kier molecular flexibility index (Phi) is 6.72. The quantitative estimate of drug-likeness (QED) is 0.717. The fourth-order valence-electron chi connectivity index (χ4n) is 4.15. The maximum atomic E-state index is 12.8. The van der Waals surface area contributed by atoms with Gasteiger partial charge in [-0.25, -0.2) is 0 Å². The average Bonchev–Trinajstić information content (AvgIpc) is 3.16. The first kappa shape index (κ1) is 19.7.